The van der Waals surface area contributed by atoms with Crippen LogP contribution < -0.4 is 18.9 Å². The third-order valence-corrected chi connectivity index (χ3v) is 19.8. The maximum atomic E-state index is 16.2. The number of imide groups is 2. The summed E-state index contributed by atoms with van der Waals surface area (Å²) in [4.78, 5) is 120. The molecule has 111 heavy (non-hydrogen) atoms. The predicted octanol–water partition coefficient (Wildman–Crippen LogP) is 18.1. The Hall–Kier alpha value is -10.9. The number of alkyl halides is 6. The van der Waals surface area contributed by atoms with Gasteiger partial charge in [0.2, 0.25) is 0 Å². The molecule has 4 heterocycles. The molecule has 0 aliphatic carbocycles. The molecule has 0 saturated carbocycles. The highest BCUT2D eigenvalue weighted by Gasteiger charge is 2.50. The Morgan fingerprint density at radius 2 is 0.658 bits per heavy atom. The van der Waals surface area contributed by atoms with Crippen LogP contribution >= 0.6 is 0 Å². The van der Waals surface area contributed by atoms with Gasteiger partial charge in [0.05, 0.1) is 54.7 Å². The van der Waals surface area contributed by atoms with Crippen molar-refractivity contribution in [2.45, 2.75) is 173 Å². The molecule has 13 rings (SSSR count). The fraction of sp³-hybridized carbons (Fsp3) is 0.388. The van der Waals surface area contributed by atoms with E-state index in [0.717, 1.165) is 22.3 Å². The summed E-state index contributed by atoms with van der Waals surface area (Å²) >= 11 is 0. The molecule has 9 aromatic carbocycles. The molecule has 4 aliphatic heterocycles. The van der Waals surface area contributed by atoms with E-state index in [9.17, 15) is 32.3 Å². The minimum Gasteiger partial charge on any atom is -0.464 e. The fourth-order valence-corrected chi connectivity index (χ4v) is 13.7. The Bertz CT molecular complexity index is 4950. The topological polar surface area (TPSA) is 242 Å². The van der Waals surface area contributed by atoms with Crippen LogP contribution in [0.4, 0.5) is 26.3 Å². The number of hydrogen-bond donors (Lipinski definition) is 0. The zero-order valence-corrected chi connectivity index (χ0v) is 63.1. The first kappa shape index (κ1) is 78.3. The second-order valence-corrected chi connectivity index (χ2v) is 32.3. The Kier molecular flexibility index (Phi) is 20.7. The molecule has 26 heteroatoms. The minimum atomic E-state index is -5.27. The predicted molar refractivity (Wildman–Crippen MR) is 396 cm³/mol. The summed E-state index contributed by atoms with van der Waals surface area (Å²) in [5.41, 5.74) is -0.183. The van der Waals surface area contributed by atoms with Gasteiger partial charge in [0.25, 0.3) is 23.6 Å². The van der Waals surface area contributed by atoms with Crippen LogP contribution in [0.25, 0.3) is 43.1 Å². The number of esters is 4. The monoisotopic (exact) mass is 1530 g/mol. The molecular formula is C85H82F6N2O18. The third kappa shape index (κ3) is 16.8. The molecule has 0 N–H and O–H groups in total. The van der Waals surface area contributed by atoms with E-state index in [1.165, 1.54) is 24.3 Å². The van der Waals surface area contributed by atoms with Crippen LogP contribution in [-0.2, 0) is 69.3 Å². The normalized spacial score (nSPS) is 16.5. The average Bonchev–Trinajstić information content (AvgIpc) is 1.50. The molecule has 0 aromatic heterocycles. The van der Waals surface area contributed by atoms with Gasteiger partial charge in [-0.1, -0.05) is 132 Å². The van der Waals surface area contributed by atoms with Crippen LogP contribution in [0.1, 0.15) is 179 Å². The number of carbonyl (C=O) groups is 8. The second kappa shape index (κ2) is 29.4. The highest BCUT2D eigenvalue weighted by Crippen LogP contribution is 2.59. The van der Waals surface area contributed by atoms with Crippen LogP contribution in [-0.4, -0.2) is 134 Å². The zero-order valence-electron chi connectivity index (χ0n) is 63.1. The van der Waals surface area contributed by atoms with Crippen LogP contribution in [0.15, 0.2) is 121 Å². The first-order valence-corrected chi connectivity index (χ1v) is 36.4. The van der Waals surface area contributed by atoms with Gasteiger partial charge in [0.15, 0.2) is 0 Å². The average molecular weight is 1530 g/mol. The number of rotatable bonds is 25. The van der Waals surface area contributed by atoms with Crippen molar-refractivity contribution >= 4 is 90.6 Å². The summed E-state index contributed by atoms with van der Waals surface area (Å²) in [6.45, 7) is 22.6. The van der Waals surface area contributed by atoms with Crippen molar-refractivity contribution in [2.75, 3.05) is 39.6 Å². The number of halogens is 6. The van der Waals surface area contributed by atoms with Gasteiger partial charge in [-0.25, -0.2) is 9.59 Å². The van der Waals surface area contributed by atoms with Crippen LogP contribution in [0.2, 0.25) is 0 Å². The second-order valence-electron chi connectivity index (χ2n) is 32.3. The number of epoxide rings is 2. The molecule has 2 fully saturated rings. The summed E-state index contributed by atoms with van der Waals surface area (Å²) in [6, 6.07) is 27.0. The summed E-state index contributed by atoms with van der Waals surface area (Å²) in [5.74, 6) is -11.1. The maximum absolute atomic E-state index is 16.2. The molecule has 20 nitrogen and oxygen atoms in total. The molecule has 0 radical (unpaired) electrons. The number of hydrogen-bond acceptors (Lipinski definition) is 18. The number of nitrogens with zero attached hydrogens (tertiary/aromatic N) is 2. The Balaban J connectivity index is 1.14. The van der Waals surface area contributed by atoms with Gasteiger partial charge in [0, 0.05) is 49.5 Å². The van der Waals surface area contributed by atoms with Gasteiger partial charge >= 0.3 is 36.2 Å². The quantitative estimate of drug-likeness (QED) is 0.00982. The number of fused-ring (bicyclic) bond motifs is 2. The molecule has 0 spiro atoms. The van der Waals surface area contributed by atoms with Gasteiger partial charge in [-0.2, -0.15) is 26.3 Å². The summed E-state index contributed by atoms with van der Waals surface area (Å²) in [5, 5.41) is -0.825. The van der Waals surface area contributed by atoms with Crippen LogP contribution in [0, 0.1) is 0 Å². The molecule has 4 unspecified atom stereocenters. The molecule has 4 aliphatic rings. The lowest BCUT2D eigenvalue weighted by molar-refractivity contribution is -0.168. The van der Waals surface area contributed by atoms with E-state index in [2.05, 4.69) is 0 Å². The lowest BCUT2D eigenvalue weighted by atomic mass is 9.80. The standard InChI is InChI=1S/C85H82F6N2O18/c1-80(2,3)44-13-21-48(22-14-44)108-60-35-54-66-55(75(97)92(74(54)96)58(29-32-84(86,87)88)78(100)102-33-30-64(94)106-42-52-40-104-52)36-61(109-49-23-15-45(16-24-49)81(4,5)6)69-71-63(111-51-27-19-47(20-28-51)83(10,11)12)38-57-67-56(37-62(70(73(67)71)68(60)72(66)69)110-50-25-17-46(18-26-50)82(7,8)9)76(98)93(77(57)99)59(39-85(89,90)91)79(101)103-34-31-65(95)107-43-53-41-105-53/h13-28,35-38,52-53,58-59H,29-34,39-43H2,1-12H3. The number of benzene rings is 9. The van der Waals surface area contributed by atoms with Crippen molar-refractivity contribution < 1.29 is 112 Å². The van der Waals surface area contributed by atoms with Gasteiger partial charge in [-0.05, 0) is 123 Å². The summed E-state index contributed by atoms with van der Waals surface area (Å²) < 4.78 is 150. The van der Waals surface area contributed by atoms with E-state index in [0.29, 0.717) is 18.1 Å². The van der Waals surface area contributed by atoms with E-state index in [1.54, 1.807) is 97.1 Å². The number of ether oxygens (including phenoxy) is 10. The number of carbonyl (C=O) groups excluding carboxylic acids is 8. The molecule has 2 saturated heterocycles. The zero-order chi connectivity index (χ0) is 79.9. The van der Waals surface area contributed by atoms with Gasteiger partial charge in [-0.15, -0.1) is 0 Å². The fourth-order valence-electron chi connectivity index (χ4n) is 13.7. The van der Waals surface area contributed by atoms with Crippen molar-refractivity contribution in [3.8, 4) is 46.0 Å². The highest BCUT2D eigenvalue weighted by atomic mass is 19.4. The maximum Gasteiger partial charge on any atom is 0.391 e. The molecule has 9 aromatic rings. The summed E-state index contributed by atoms with van der Waals surface area (Å²) in [7, 11) is 0. The van der Waals surface area contributed by atoms with Crippen LogP contribution in [0.5, 0.6) is 46.0 Å². The van der Waals surface area contributed by atoms with E-state index in [4.69, 9.17) is 47.4 Å². The van der Waals surface area contributed by atoms with Crippen molar-refractivity contribution in [3.63, 3.8) is 0 Å². The molecule has 4 amide bonds. The van der Waals surface area contributed by atoms with Gasteiger partial charge in [-0.3, -0.25) is 38.6 Å². The van der Waals surface area contributed by atoms with Crippen LogP contribution in [0.3, 0.4) is 0 Å². The Morgan fingerprint density at radius 1 is 0.387 bits per heavy atom. The summed E-state index contributed by atoms with van der Waals surface area (Å²) in [6.07, 6.45) is -17.2. The highest BCUT2D eigenvalue weighted by molar-refractivity contribution is 6.45. The largest absolute Gasteiger partial charge is 0.464 e. The SMILES string of the molecule is CC(C)(C)c1ccc(Oc2cc3c4c(cc(Oc5ccc(C(C)(C)C)cc5)c5c6c(Oc7ccc(C(C)(C)C)cc7)cc7c8c(cc(Oc9ccc(C(C)(C)C)cc9)c(c2c45)c86)C(=O)N(C(CC(F)(F)F)C(=O)OCCC(=O)OCC2CO2)C7=O)C(=O)N(C(CCC(F)(F)F)C(=O)OCCC(=O)OCC2CO2)C3=O)cc1. The molecular weight excluding hydrogens is 1450 g/mol. The lowest BCUT2D eigenvalue weighted by Crippen LogP contribution is -2.52. The molecule has 4 atom stereocenters. The minimum absolute atomic E-state index is 0.0531. The Morgan fingerprint density at radius 3 is 0.910 bits per heavy atom. The molecule has 0 bridgehead atoms. The van der Waals surface area contributed by atoms with Crippen molar-refractivity contribution in [3.05, 3.63) is 166 Å². The Labute approximate surface area is 634 Å². The first-order chi connectivity index (χ1) is 52.1. The first-order valence-electron chi connectivity index (χ1n) is 36.4. The van der Waals surface area contributed by atoms with Crippen molar-refractivity contribution in [1.29, 1.82) is 0 Å². The van der Waals surface area contributed by atoms with Gasteiger partial charge in [0.1, 0.15) is 96.7 Å². The van der Waals surface area contributed by atoms with E-state index < -0.39 is 161 Å². The smallest absolute Gasteiger partial charge is 0.391 e. The van der Waals surface area contributed by atoms with Gasteiger partial charge < -0.3 is 47.4 Å². The van der Waals surface area contributed by atoms with E-state index >= 15 is 32.3 Å². The lowest BCUT2D eigenvalue weighted by Gasteiger charge is -2.35. The van der Waals surface area contributed by atoms with Crippen molar-refractivity contribution in [1.82, 2.24) is 9.80 Å². The molecule has 582 valence electrons. The van der Waals surface area contributed by atoms with Crippen molar-refractivity contribution in [2.24, 2.45) is 0 Å². The van der Waals surface area contributed by atoms with E-state index in [-0.39, 0.29) is 119 Å². The third-order valence-electron chi connectivity index (χ3n) is 19.8. The number of amides is 4. The van der Waals surface area contributed by atoms with E-state index in [1.807, 2.05) is 83.1 Å².